The minimum atomic E-state index is 0.848. The zero-order valence-electron chi connectivity index (χ0n) is 7.60. The number of nitrogens with one attached hydrogen (secondary N) is 1. The lowest BCUT2D eigenvalue weighted by atomic mass is 9.98. The average Bonchev–Trinajstić information content (AvgIpc) is 2.07. The Bertz CT molecular complexity index is 93.7. The standard InChI is InChI=1S/C9H19NS/c1-8-6-10-4-3-5-11-7-9(8)2/h8-10H,3-7H2,1-2H3. The summed E-state index contributed by atoms with van der Waals surface area (Å²) in [7, 11) is 0. The highest BCUT2D eigenvalue weighted by molar-refractivity contribution is 7.99. The van der Waals surface area contributed by atoms with E-state index < -0.39 is 0 Å². The van der Waals surface area contributed by atoms with Gasteiger partial charge in [-0.05, 0) is 42.9 Å². The molecule has 0 aromatic heterocycles. The molecule has 0 aromatic rings. The second-order valence-corrected chi connectivity index (χ2v) is 4.74. The summed E-state index contributed by atoms with van der Waals surface area (Å²) in [6.45, 7) is 7.14. The smallest absolute Gasteiger partial charge is 0.00203 e. The van der Waals surface area contributed by atoms with Crippen molar-refractivity contribution in [1.29, 1.82) is 0 Å². The van der Waals surface area contributed by atoms with Crippen molar-refractivity contribution in [1.82, 2.24) is 5.32 Å². The van der Waals surface area contributed by atoms with E-state index in [-0.39, 0.29) is 0 Å². The Hall–Kier alpha value is 0.310. The summed E-state index contributed by atoms with van der Waals surface area (Å²) in [5.74, 6) is 4.42. The topological polar surface area (TPSA) is 12.0 Å². The first kappa shape index (κ1) is 9.40. The Balaban J connectivity index is 2.29. The molecule has 66 valence electrons. The van der Waals surface area contributed by atoms with Crippen molar-refractivity contribution in [3.63, 3.8) is 0 Å². The van der Waals surface area contributed by atoms with Gasteiger partial charge in [0.1, 0.15) is 0 Å². The lowest BCUT2D eigenvalue weighted by Crippen LogP contribution is -2.25. The van der Waals surface area contributed by atoms with Gasteiger partial charge in [-0.25, -0.2) is 0 Å². The predicted molar refractivity (Wildman–Crippen MR) is 53.1 cm³/mol. The zero-order chi connectivity index (χ0) is 8.10. The molecule has 1 N–H and O–H groups in total. The van der Waals surface area contributed by atoms with Gasteiger partial charge in [-0.3, -0.25) is 0 Å². The van der Waals surface area contributed by atoms with Crippen LogP contribution in [0, 0.1) is 11.8 Å². The molecule has 2 unspecified atom stereocenters. The van der Waals surface area contributed by atoms with Gasteiger partial charge >= 0.3 is 0 Å². The Morgan fingerprint density at radius 2 is 2.09 bits per heavy atom. The summed E-state index contributed by atoms with van der Waals surface area (Å²) >= 11 is 2.11. The van der Waals surface area contributed by atoms with Crippen LogP contribution < -0.4 is 5.32 Å². The molecule has 11 heavy (non-hydrogen) atoms. The third-order valence-corrected chi connectivity index (χ3v) is 3.80. The largest absolute Gasteiger partial charge is 0.316 e. The van der Waals surface area contributed by atoms with Crippen LogP contribution in [0.4, 0.5) is 0 Å². The van der Waals surface area contributed by atoms with Crippen LogP contribution in [0.3, 0.4) is 0 Å². The highest BCUT2D eigenvalue weighted by Gasteiger charge is 2.12. The molecule has 1 heterocycles. The van der Waals surface area contributed by atoms with E-state index in [1.54, 1.807) is 0 Å². The zero-order valence-corrected chi connectivity index (χ0v) is 8.41. The summed E-state index contributed by atoms with van der Waals surface area (Å²) in [4.78, 5) is 0. The van der Waals surface area contributed by atoms with Crippen molar-refractivity contribution in [2.45, 2.75) is 20.3 Å². The van der Waals surface area contributed by atoms with Gasteiger partial charge in [-0.15, -0.1) is 0 Å². The van der Waals surface area contributed by atoms with Crippen molar-refractivity contribution in [2.75, 3.05) is 24.6 Å². The maximum Gasteiger partial charge on any atom is -0.00203 e. The van der Waals surface area contributed by atoms with Crippen LogP contribution in [0.15, 0.2) is 0 Å². The van der Waals surface area contributed by atoms with Crippen LogP contribution in [0.25, 0.3) is 0 Å². The molecule has 2 atom stereocenters. The molecule has 0 aromatic carbocycles. The second-order valence-electron chi connectivity index (χ2n) is 3.59. The normalized spacial score (nSPS) is 35.5. The molecule has 1 aliphatic heterocycles. The van der Waals surface area contributed by atoms with Gasteiger partial charge in [0.25, 0.3) is 0 Å². The van der Waals surface area contributed by atoms with Gasteiger partial charge in [-0.2, -0.15) is 11.8 Å². The van der Waals surface area contributed by atoms with Crippen molar-refractivity contribution in [3.05, 3.63) is 0 Å². The fourth-order valence-corrected chi connectivity index (χ4v) is 2.48. The highest BCUT2D eigenvalue weighted by atomic mass is 32.2. The Morgan fingerprint density at radius 3 is 2.91 bits per heavy atom. The molecule has 0 saturated carbocycles. The molecular formula is C9H19NS. The van der Waals surface area contributed by atoms with E-state index in [1.807, 2.05) is 0 Å². The predicted octanol–water partition coefficient (Wildman–Crippen LogP) is 1.99. The summed E-state index contributed by atoms with van der Waals surface area (Å²) < 4.78 is 0. The van der Waals surface area contributed by atoms with Crippen LogP contribution in [0.1, 0.15) is 20.3 Å². The first-order valence-electron chi connectivity index (χ1n) is 4.59. The quantitative estimate of drug-likeness (QED) is 0.601. The third kappa shape index (κ3) is 3.48. The number of rotatable bonds is 0. The summed E-state index contributed by atoms with van der Waals surface area (Å²) in [6.07, 6.45) is 1.34. The molecule has 1 nitrogen and oxygen atoms in total. The van der Waals surface area contributed by atoms with Gasteiger partial charge in [0.05, 0.1) is 0 Å². The molecule has 0 aliphatic carbocycles. The number of hydrogen-bond acceptors (Lipinski definition) is 2. The fraction of sp³-hybridized carbons (Fsp3) is 1.00. The Labute approximate surface area is 74.3 Å². The first-order chi connectivity index (χ1) is 5.30. The van der Waals surface area contributed by atoms with Gasteiger partial charge in [0.2, 0.25) is 0 Å². The minimum Gasteiger partial charge on any atom is -0.316 e. The van der Waals surface area contributed by atoms with E-state index in [9.17, 15) is 0 Å². The molecule has 1 rings (SSSR count). The van der Waals surface area contributed by atoms with Gasteiger partial charge in [0.15, 0.2) is 0 Å². The van der Waals surface area contributed by atoms with Crippen molar-refractivity contribution in [3.8, 4) is 0 Å². The molecule has 1 fully saturated rings. The maximum atomic E-state index is 3.49. The Kier molecular flexibility index (Phi) is 4.31. The third-order valence-electron chi connectivity index (χ3n) is 2.46. The molecule has 0 radical (unpaired) electrons. The van der Waals surface area contributed by atoms with E-state index in [2.05, 4.69) is 30.9 Å². The summed E-state index contributed by atoms with van der Waals surface area (Å²) in [6, 6.07) is 0. The average molecular weight is 173 g/mol. The lowest BCUT2D eigenvalue weighted by molar-refractivity contribution is 0.402. The van der Waals surface area contributed by atoms with E-state index in [1.165, 1.54) is 31.0 Å². The minimum absolute atomic E-state index is 0.848. The lowest BCUT2D eigenvalue weighted by Gasteiger charge is -2.17. The molecule has 2 heteroatoms. The molecular weight excluding hydrogens is 154 g/mol. The van der Waals surface area contributed by atoms with E-state index >= 15 is 0 Å². The van der Waals surface area contributed by atoms with E-state index in [0.717, 1.165) is 11.8 Å². The van der Waals surface area contributed by atoms with Crippen LogP contribution in [-0.2, 0) is 0 Å². The molecule has 1 aliphatic rings. The maximum absolute atomic E-state index is 3.49. The summed E-state index contributed by atoms with van der Waals surface area (Å²) in [5, 5.41) is 3.49. The second kappa shape index (κ2) is 5.04. The first-order valence-corrected chi connectivity index (χ1v) is 5.74. The van der Waals surface area contributed by atoms with Gasteiger partial charge in [-0.1, -0.05) is 13.8 Å². The Morgan fingerprint density at radius 1 is 1.27 bits per heavy atom. The SMILES string of the molecule is CC1CNCCCSCC1C. The van der Waals surface area contributed by atoms with Crippen LogP contribution in [0.2, 0.25) is 0 Å². The number of thioether (sulfide) groups is 1. The van der Waals surface area contributed by atoms with E-state index in [4.69, 9.17) is 0 Å². The van der Waals surface area contributed by atoms with Gasteiger partial charge in [0, 0.05) is 0 Å². The highest BCUT2D eigenvalue weighted by Crippen LogP contribution is 2.18. The van der Waals surface area contributed by atoms with Gasteiger partial charge < -0.3 is 5.32 Å². The van der Waals surface area contributed by atoms with Crippen LogP contribution in [-0.4, -0.2) is 24.6 Å². The monoisotopic (exact) mass is 173 g/mol. The fourth-order valence-electron chi connectivity index (χ4n) is 1.26. The molecule has 1 saturated heterocycles. The number of hydrogen-bond donors (Lipinski definition) is 1. The van der Waals surface area contributed by atoms with Crippen LogP contribution >= 0.6 is 11.8 Å². The van der Waals surface area contributed by atoms with Crippen molar-refractivity contribution < 1.29 is 0 Å². The van der Waals surface area contributed by atoms with Crippen LogP contribution in [0.5, 0.6) is 0 Å². The van der Waals surface area contributed by atoms with Crippen molar-refractivity contribution >= 4 is 11.8 Å². The summed E-state index contributed by atoms with van der Waals surface area (Å²) in [5.41, 5.74) is 0. The molecule has 0 bridgehead atoms. The molecule has 0 amide bonds. The molecule has 0 spiro atoms. The van der Waals surface area contributed by atoms with E-state index in [0.29, 0.717) is 0 Å². The van der Waals surface area contributed by atoms with Crippen molar-refractivity contribution in [2.24, 2.45) is 11.8 Å².